The van der Waals surface area contributed by atoms with Gasteiger partial charge in [-0.25, -0.2) is 8.78 Å². The molecule has 1 N–H and O–H groups in total. The summed E-state index contributed by atoms with van der Waals surface area (Å²) in [6.45, 7) is 3.13. The van der Waals surface area contributed by atoms with Crippen molar-refractivity contribution in [1.82, 2.24) is 5.32 Å². The molecule has 0 aromatic heterocycles. The number of nitrogens with one attached hydrogen (secondary N) is 1. The van der Waals surface area contributed by atoms with Gasteiger partial charge in [-0.05, 0) is 50.4 Å². The summed E-state index contributed by atoms with van der Waals surface area (Å²) in [4.78, 5) is 0. The molecule has 2 rings (SSSR count). The van der Waals surface area contributed by atoms with Crippen LogP contribution in [-0.4, -0.2) is 12.1 Å². The first-order valence-corrected chi connectivity index (χ1v) is 6.27. The average Bonchev–Trinajstić information content (AvgIpc) is 2.41. The van der Waals surface area contributed by atoms with Crippen LogP contribution in [0.25, 0.3) is 0 Å². The van der Waals surface area contributed by atoms with Crippen LogP contribution in [0.2, 0.25) is 0 Å². The van der Waals surface area contributed by atoms with E-state index in [2.05, 4.69) is 12.2 Å². The fourth-order valence-corrected chi connectivity index (χ4v) is 2.61. The molecule has 1 heterocycles. The summed E-state index contributed by atoms with van der Waals surface area (Å²) in [5.74, 6) is -0.977. The Morgan fingerprint density at radius 1 is 1.12 bits per heavy atom. The zero-order chi connectivity index (χ0) is 12.3. The molecule has 1 nitrogen and oxygen atoms in total. The lowest BCUT2D eigenvalue weighted by Gasteiger charge is -2.29. The molecule has 1 unspecified atom stereocenters. The third-order valence-corrected chi connectivity index (χ3v) is 3.47. The Kier molecular flexibility index (Phi) is 3.77. The molecular weight excluding hydrogens is 220 g/mol. The van der Waals surface area contributed by atoms with Crippen molar-refractivity contribution in [2.45, 2.75) is 44.6 Å². The predicted octanol–water partition coefficient (Wildman–Crippen LogP) is 3.43. The topological polar surface area (TPSA) is 12.0 Å². The second kappa shape index (κ2) is 5.13. The van der Waals surface area contributed by atoms with E-state index in [4.69, 9.17) is 0 Å². The summed E-state index contributed by atoms with van der Waals surface area (Å²) >= 11 is 0. The van der Waals surface area contributed by atoms with Gasteiger partial charge in [-0.1, -0.05) is 12.8 Å². The van der Waals surface area contributed by atoms with Crippen molar-refractivity contribution in [2.75, 3.05) is 6.54 Å². The van der Waals surface area contributed by atoms with Gasteiger partial charge in [0.05, 0.1) is 0 Å². The van der Waals surface area contributed by atoms with Crippen LogP contribution in [-0.2, 0) is 6.42 Å². The van der Waals surface area contributed by atoms with E-state index in [1.54, 1.807) is 0 Å². The standard InChI is InChI=1S/C14H19F2N/c1-14(5-3-2-4-6-17-14)10-11-7-12(15)9-13(16)8-11/h7-9,17H,2-6,10H2,1H3. The van der Waals surface area contributed by atoms with Crippen LogP contribution in [0.1, 0.15) is 38.2 Å². The predicted molar refractivity (Wildman–Crippen MR) is 64.9 cm³/mol. The molecule has 1 saturated heterocycles. The lowest BCUT2D eigenvalue weighted by atomic mass is 9.88. The average molecular weight is 239 g/mol. The van der Waals surface area contributed by atoms with E-state index >= 15 is 0 Å². The first kappa shape index (κ1) is 12.5. The lowest BCUT2D eigenvalue weighted by Crippen LogP contribution is -2.43. The fraction of sp³-hybridized carbons (Fsp3) is 0.571. The third-order valence-electron chi connectivity index (χ3n) is 3.47. The number of rotatable bonds is 2. The van der Waals surface area contributed by atoms with Crippen LogP contribution in [0.5, 0.6) is 0 Å². The molecule has 0 radical (unpaired) electrons. The van der Waals surface area contributed by atoms with Gasteiger partial charge >= 0.3 is 0 Å². The molecule has 0 amide bonds. The molecule has 0 saturated carbocycles. The van der Waals surface area contributed by atoms with Crippen molar-refractivity contribution in [3.63, 3.8) is 0 Å². The van der Waals surface area contributed by atoms with Gasteiger partial charge in [0.2, 0.25) is 0 Å². The van der Waals surface area contributed by atoms with Crippen molar-refractivity contribution in [3.05, 3.63) is 35.4 Å². The highest BCUT2D eigenvalue weighted by Gasteiger charge is 2.25. The van der Waals surface area contributed by atoms with Crippen LogP contribution < -0.4 is 5.32 Å². The zero-order valence-electron chi connectivity index (χ0n) is 10.2. The van der Waals surface area contributed by atoms with Crippen molar-refractivity contribution in [3.8, 4) is 0 Å². The van der Waals surface area contributed by atoms with E-state index < -0.39 is 11.6 Å². The van der Waals surface area contributed by atoms with Crippen molar-refractivity contribution >= 4 is 0 Å². The van der Waals surface area contributed by atoms with Gasteiger partial charge in [0.15, 0.2) is 0 Å². The Morgan fingerprint density at radius 2 is 1.82 bits per heavy atom. The molecule has 1 aromatic carbocycles. The molecule has 1 aliphatic heterocycles. The second-order valence-electron chi connectivity index (χ2n) is 5.25. The molecule has 0 bridgehead atoms. The van der Waals surface area contributed by atoms with E-state index in [1.165, 1.54) is 31.4 Å². The normalized spacial score (nSPS) is 25.6. The fourth-order valence-electron chi connectivity index (χ4n) is 2.61. The summed E-state index contributed by atoms with van der Waals surface area (Å²) in [6, 6.07) is 3.79. The molecule has 3 heteroatoms. The van der Waals surface area contributed by atoms with E-state index in [-0.39, 0.29) is 5.54 Å². The summed E-state index contributed by atoms with van der Waals surface area (Å²) in [5.41, 5.74) is 0.705. The lowest BCUT2D eigenvalue weighted by molar-refractivity contribution is 0.345. The van der Waals surface area contributed by atoms with Gasteiger partial charge < -0.3 is 5.32 Å². The van der Waals surface area contributed by atoms with E-state index in [0.29, 0.717) is 6.42 Å². The molecule has 0 aliphatic carbocycles. The van der Waals surface area contributed by atoms with E-state index in [9.17, 15) is 8.78 Å². The van der Waals surface area contributed by atoms with Crippen molar-refractivity contribution < 1.29 is 8.78 Å². The quantitative estimate of drug-likeness (QED) is 0.833. The zero-order valence-corrected chi connectivity index (χ0v) is 10.2. The Balaban J connectivity index is 2.12. The smallest absolute Gasteiger partial charge is 0.126 e. The van der Waals surface area contributed by atoms with Crippen molar-refractivity contribution in [1.29, 1.82) is 0 Å². The van der Waals surface area contributed by atoms with Crippen LogP contribution in [0.15, 0.2) is 18.2 Å². The third kappa shape index (κ3) is 3.50. The van der Waals surface area contributed by atoms with Crippen LogP contribution in [0.4, 0.5) is 8.78 Å². The van der Waals surface area contributed by atoms with Gasteiger partial charge in [-0.2, -0.15) is 0 Å². The molecule has 17 heavy (non-hydrogen) atoms. The first-order valence-electron chi connectivity index (χ1n) is 6.27. The minimum atomic E-state index is -0.489. The van der Waals surface area contributed by atoms with Crippen LogP contribution >= 0.6 is 0 Å². The highest BCUT2D eigenvalue weighted by molar-refractivity contribution is 5.20. The SMILES string of the molecule is CC1(Cc2cc(F)cc(F)c2)CCCCCN1. The van der Waals surface area contributed by atoms with Gasteiger partial charge in [0.1, 0.15) is 11.6 Å². The molecule has 1 fully saturated rings. The Morgan fingerprint density at radius 3 is 2.53 bits per heavy atom. The molecule has 0 spiro atoms. The summed E-state index contributed by atoms with van der Waals surface area (Å²) in [6.07, 6.45) is 5.35. The minimum absolute atomic E-state index is 0.0310. The number of benzene rings is 1. The molecule has 1 aliphatic rings. The summed E-state index contributed by atoms with van der Waals surface area (Å²) < 4.78 is 26.3. The minimum Gasteiger partial charge on any atom is -0.311 e. The molecule has 94 valence electrons. The Hall–Kier alpha value is -0.960. The molecule has 1 aromatic rings. The van der Waals surface area contributed by atoms with Gasteiger partial charge in [-0.3, -0.25) is 0 Å². The summed E-state index contributed by atoms with van der Waals surface area (Å²) in [7, 11) is 0. The maximum absolute atomic E-state index is 13.1. The van der Waals surface area contributed by atoms with Gasteiger partial charge in [-0.15, -0.1) is 0 Å². The van der Waals surface area contributed by atoms with Gasteiger partial charge in [0, 0.05) is 11.6 Å². The Bertz CT molecular complexity index is 362. The number of halogens is 2. The molecular formula is C14H19F2N. The van der Waals surface area contributed by atoms with Crippen LogP contribution in [0.3, 0.4) is 0 Å². The Labute approximate surface area is 101 Å². The summed E-state index contributed by atoms with van der Waals surface area (Å²) in [5, 5.41) is 3.50. The maximum Gasteiger partial charge on any atom is 0.126 e. The number of hydrogen-bond acceptors (Lipinski definition) is 1. The van der Waals surface area contributed by atoms with E-state index in [0.717, 1.165) is 24.6 Å². The highest BCUT2D eigenvalue weighted by Crippen LogP contribution is 2.23. The second-order valence-corrected chi connectivity index (χ2v) is 5.25. The first-order chi connectivity index (χ1) is 8.07. The largest absolute Gasteiger partial charge is 0.311 e. The highest BCUT2D eigenvalue weighted by atomic mass is 19.1. The van der Waals surface area contributed by atoms with Crippen LogP contribution in [0, 0.1) is 11.6 Å². The van der Waals surface area contributed by atoms with E-state index in [1.807, 2.05) is 0 Å². The monoisotopic (exact) mass is 239 g/mol. The van der Waals surface area contributed by atoms with Crippen molar-refractivity contribution in [2.24, 2.45) is 0 Å². The number of hydrogen-bond donors (Lipinski definition) is 1. The maximum atomic E-state index is 13.1. The molecule has 1 atom stereocenters. The van der Waals surface area contributed by atoms with Gasteiger partial charge in [0.25, 0.3) is 0 Å².